The molecule has 68 valence electrons. The molecule has 0 aliphatic heterocycles. The summed E-state index contributed by atoms with van der Waals surface area (Å²) in [5, 5.41) is 22.6. The summed E-state index contributed by atoms with van der Waals surface area (Å²) in [5.74, 6) is 0.393. The number of nitrogens with zero attached hydrogens (tertiary/aromatic N) is 3. The van der Waals surface area contributed by atoms with E-state index in [-0.39, 0.29) is 0 Å². The lowest BCUT2D eigenvalue weighted by Crippen LogP contribution is -2.20. The number of hydrogen-bond acceptors (Lipinski definition) is 4. The summed E-state index contributed by atoms with van der Waals surface area (Å²) in [6.45, 7) is 1.80. The van der Waals surface area contributed by atoms with Crippen LogP contribution in [0.15, 0.2) is 6.33 Å². The summed E-state index contributed by atoms with van der Waals surface area (Å²) in [6.07, 6.45) is 0.130. The maximum Gasteiger partial charge on any atom is 0.158 e. The molecule has 1 rings (SSSR count). The molecule has 1 aromatic rings. The molecule has 0 fully saturated rings. The highest BCUT2D eigenvalue weighted by Crippen LogP contribution is 2.14. The van der Waals surface area contributed by atoms with Gasteiger partial charge in [0.2, 0.25) is 0 Å². The van der Waals surface area contributed by atoms with Gasteiger partial charge in [-0.15, -0.1) is 0 Å². The van der Waals surface area contributed by atoms with E-state index in [4.69, 9.17) is 0 Å². The largest absolute Gasteiger partial charge is 0.390 e. The minimum atomic E-state index is -0.942. The normalized spacial score (nSPS) is 16.0. The monoisotopic (exact) mass is 171 g/mol. The molecule has 2 unspecified atom stereocenters. The quantitative estimate of drug-likeness (QED) is 0.650. The van der Waals surface area contributed by atoms with Crippen molar-refractivity contribution in [2.24, 2.45) is 7.05 Å². The first-order valence-corrected chi connectivity index (χ1v) is 3.86. The van der Waals surface area contributed by atoms with Crippen LogP contribution < -0.4 is 0 Å². The molecule has 0 bridgehead atoms. The third-order valence-corrected chi connectivity index (χ3v) is 1.79. The molecule has 0 aliphatic carbocycles. The second-order valence-electron chi connectivity index (χ2n) is 2.66. The summed E-state index contributed by atoms with van der Waals surface area (Å²) >= 11 is 0. The van der Waals surface area contributed by atoms with Gasteiger partial charge in [0.15, 0.2) is 5.82 Å². The van der Waals surface area contributed by atoms with Gasteiger partial charge in [0, 0.05) is 7.05 Å². The molecule has 2 N–H and O–H groups in total. The van der Waals surface area contributed by atoms with Crippen molar-refractivity contribution >= 4 is 0 Å². The molecule has 1 aromatic heterocycles. The smallest absolute Gasteiger partial charge is 0.158 e. The second-order valence-corrected chi connectivity index (χ2v) is 2.66. The fourth-order valence-electron chi connectivity index (χ4n) is 0.968. The van der Waals surface area contributed by atoms with Gasteiger partial charge in [0.1, 0.15) is 12.4 Å². The maximum absolute atomic E-state index is 9.49. The number of aliphatic hydroxyl groups excluding tert-OH is 2. The molecule has 0 spiro atoms. The van der Waals surface area contributed by atoms with Gasteiger partial charge in [0.05, 0.1) is 6.10 Å². The Kier molecular flexibility index (Phi) is 2.78. The van der Waals surface area contributed by atoms with Crippen LogP contribution >= 0.6 is 0 Å². The first-order valence-electron chi connectivity index (χ1n) is 3.86. The summed E-state index contributed by atoms with van der Waals surface area (Å²) in [6, 6.07) is 0. The summed E-state index contributed by atoms with van der Waals surface area (Å²) in [5.41, 5.74) is 0. The standard InChI is InChI=1S/C7H13N3O2/c1-3-5(11)6(12)7-8-4-9-10(7)2/h4-6,11-12H,3H2,1-2H3. The summed E-state index contributed by atoms with van der Waals surface area (Å²) in [4.78, 5) is 3.83. The van der Waals surface area contributed by atoms with E-state index >= 15 is 0 Å². The van der Waals surface area contributed by atoms with Crippen molar-refractivity contribution in [3.63, 3.8) is 0 Å². The number of aromatic nitrogens is 3. The van der Waals surface area contributed by atoms with E-state index in [2.05, 4.69) is 10.1 Å². The van der Waals surface area contributed by atoms with Gasteiger partial charge in [-0.25, -0.2) is 4.98 Å². The number of rotatable bonds is 3. The van der Waals surface area contributed by atoms with Crippen molar-refractivity contribution in [3.8, 4) is 0 Å². The van der Waals surface area contributed by atoms with Gasteiger partial charge in [-0.1, -0.05) is 6.92 Å². The van der Waals surface area contributed by atoms with Gasteiger partial charge < -0.3 is 10.2 Å². The van der Waals surface area contributed by atoms with E-state index in [1.807, 2.05) is 0 Å². The Morgan fingerprint density at radius 2 is 2.25 bits per heavy atom. The Morgan fingerprint density at radius 3 is 2.67 bits per heavy atom. The van der Waals surface area contributed by atoms with Crippen molar-refractivity contribution in [3.05, 3.63) is 12.2 Å². The molecule has 12 heavy (non-hydrogen) atoms. The van der Waals surface area contributed by atoms with Gasteiger partial charge in [-0.2, -0.15) is 5.10 Å². The summed E-state index contributed by atoms with van der Waals surface area (Å²) in [7, 11) is 1.67. The van der Waals surface area contributed by atoms with Crippen molar-refractivity contribution in [2.75, 3.05) is 0 Å². The molecular formula is C7H13N3O2. The molecule has 0 amide bonds. The highest BCUT2D eigenvalue weighted by molar-refractivity contribution is 4.92. The molecular weight excluding hydrogens is 158 g/mol. The Hall–Kier alpha value is -0.940. The highest BCUT2D eigenvalue weighted by Gasteiger charge is 2.20. The van der Waals surface area contributed by atoms with Crippen molar-refractivity contribution in [1.29, 1.82) is 0 Å². The molecule has 2 atom stereocenters. The minimum absolute atomic E-state index is 0.393. The Labute approximate surface area is 70.7 Å². The Balaban J connectivity index is 2.77. The van der Waals surface area contributed by atoms with Gasteiger partial charge in [0.25, 0.3) is 0 Å². The SMILES string of the molecule is CCC(O)C(O)c1ncnn1C. The van der Waals surface area contributed by atoms with Crippen LogP contribution in [-0.4, -0.2) is 31.1 Å². The van der Waals surface area contributed by atoms with Crippen molar-refractivity contribution in [1.82, 2.24) is 14.8 Å². The van der Waals surface area contributed by atoms with Gasteiger partial charge in [-0.3, -0.25) is 4.68 Å². The zero-order valence-corrected chi connectivity index (χ0v) is 7.18. The van der Waals surface area contributed by atoms with Gasteiger partial charge >= 0.3 is 0 Å². The molecule has 0 aliphatic rings. The van der Waals surface area contributed by atoms with E-state index in [0.29, 0.717) is 12.2 Å². The molecule has 0 saturated carbocycles. The predicted octanol–water partition coefficient (Wildman–Crippen LogP) is -0.381. The number of aryl methyl sites for hydroxylation is 1. The van der Waals surface area contributed by atoms with Crippen LogP contribution in [0.2, 0.25) is 0 Å². The zero-order chi connectivity index (χ0) is 9.14. The van der Waals surface area contributed by atoms with Crippen LogP contribution in [0.25, 0.3) is 0 Å². The van der Waals surface area contributed by atoms with Crippen LogP contribution in [0.1, 0.15) is 25.3 Å². The van der Waals surface area contributed by atoms with E-state index in [1.165, 1.54) is 11.0 Å². The van der Waals surface area contributed by atoms with Crippen molar-refractivity contribution < 1.29 is 10.2 Å². The Bertz CT molecular complexity index is 249. The fourth-order valence-corrected chi connectivity index (χ4v) is 0.968. The van der Waals surface area contributed by atoms with Crippen LogP contribution in [0.5, 0.6) is 0 Å². The lowest BCUT2D eigenvalue weighted by molar-refractivity contribution is 0.00909. The van der Waals surface area contributed by atoms with E-state index in [0.717, 1.165) is 0 Å². The maximum atomic E-state index is 9.49. The average molecular weight is 171 g/mol. The van der Waals surface area contributed by atoms with E-state index in [1.54, 1.807) is 14.0 Å². The third kappa shape index (κ3) is 1.62. The predicted molar refractivity (Wildman–Crippen MR) is 42.3 cm³/mol. The van der Waals surface area contributed by atoms with Gasteiger partial charge in [-0.05, 0) is 6.42 Å². The molecule has 0 aromatic carbocycles. The van der Waals surface area contributed by atoms with E-state index in [9.17, 15) is 10.2 Å². The second kappa shape index (κ2) is 3.64. The molecule has 0 saturated heterocycles. The lowest BCUT2D eigenvalue weighted by atomic mass is 10.1. The first-order chi connectivity index (χ1) is 5.66. The first kappa shape index (κ1) is 9.15. The van der Waals surface area contributed by atoms with Crippen LogP contribution in [0.4, 0.5) is 0 Å². The molecule has 0 radical (unpaired) electrons. The zero-order valence-electron chi connectivity index (χ0n) is 7.18. The fraction of sp³-hybridized carbons (Fsp3) is 0.714. The number of hydrogen-bond donors (Lipinski definition) is 2. The molecule has 5 heteroatoms. The third-order valence-electron chi connectivity index (χ3n) is 1.79. The number of aliphatic hydroxyl groups is 2. The highest BCUT2D eigenvalue weighted by atomic mass is 16.3. The topological polar surface area (TPSA) is 71.2 Å². The molecule has 5 nitrogen and oxygen atoms in total. The van der Waals surface area contributed by atoms with Crippen LogP contribution in [0, 0.1) is 0 Å². The van der Waals surface area contributed by atoms with E-state index < -0.39 is 12.2 Å². The van der Waals surface area contributed by atoms with Crippen molar-refractivity contribution in [2.45, 2.75) is 25.6 Å². The summed E-state index contributed by atoms with van der Waals surface area (Å²) < 4.78 is 1.45. The van der Waals surface area contributed by atoms with Crippen LogP contribution in [0.3, 0.4) is 0 Å². The minimum Gasteiger partial charge on any atom is -0.390 e. The Morgan fingerprint density at radius 1 is 1.58 bits per heavy atom. The average Bonchev–Trinajstić information content (AvgIpc) is 2.48. The lowest BCUT2D eigenvalue weighted by Gasteiger charge is -2.14. The van der Waals surface area contributed by atoms with Crippen LogP contribution in [-0.2, 0) is 7.05 Å². The molecule has 1 heterocycles.